The third-order valence-electron chi connectivity index (χ3n) is 3.14. The highest BCUT2D eigenvalue weighted by Crippen LogP contribution is 2.29. The van der Waals surface area contributed by atoms with Gasteiger partial charge < -0.3 is 41.1 Å². The first-order chi connectivity index (χ1) is 9.64. The number of azide groups is 1. The summed E-state index contributed by atoms with van der Waals surface area (Å²) in [4.78, 5) is 13.1. The van der Waals surface area contributed by atoms with Crippen LogP contribution in [0.2, 0.25) is 0 Å². The van der Waals surface area contributed by atoms with Crippen molar-refractivity contribution in [3.8, 4) is 0 Å². The number of carboxylic acids is 1. The van der Waals surface area contributed by atoms with Crippen LogP contribution in [0, 0.1) is 0 Å². The Morgan fingerprint density at radius 3 is 2.52 bits per heavy atom. The van der Waals surface area contributed by atoms with Crippen LogP contribution in [0.25, 0.3) is 10.4 Å². The quantitative estimate of drug-likeness (QED) is 0.152. The average Bonchev–Trinajstić information content (AvgIpc) is 2.41. The third-order valence-corrected chi connectivity index (χ3v) is 3.14. The van der Waals surface area contributed by atoms with Gasteiger partial charge in [-0.25, -0.2) is 4.79 Å². The van der Waals surface area contributed by atoms with Crippen LogP contribution in [0.5, 0.6) is 0 Å². The van der Waals surface area contributed by atoms with Crippen molar-refractivity contribution >= 4 is 5.97 Å². The number of ether oxygens (including phenoxy) is 1. The molecular weight excluding hydrogens is 292 g/mol. The molecule has 2 unspecified atom stereocenters. The van der Waals surface area contributed by atoms with Gasteiger partial charge >= 0.3 is 5.97 Å². The maximum absolute atomic E-state index is 10.9. The van der Waals surface area contributed by atoms with Gasteiger partial charge in [0.2, 0.25) is 0 Å². The van der Waals surface area contributed by atoms with Crippen LogP contribution in [0.15, 0.2) is 5.11 Å². The predicted octanol–water partition coefficient (Wildman–Crippen LogP) is -3.41. The molecule has 12 nitrogen and oxygen atoms in total. The van der Waals surface area contributed by atoms with Crippen LogP contribution in [0.1, 0.15) is 6.42 Å². The van der Waals surface area contributed by atoms with Gasteiger partial charge in [0, 0.05) is 11.3 Å². The van der Waals surface area contributed by atoms with E-state index >= 15 is 0 Å². The van der Waals surface area contributed by atoms with Gasteiger partial charge in [-0.15, -0.1) is 0 Å². The number of carbonyl (C=O) groups is 1. The van der Waals surface area contributed by atoms with E-state index in [4.69, 9.17) is 21.1 Å². The maximum atomic E-state index is 10.9. The summed E-state index contributed by atoms with van der Waals surface area (Å²) in [7, 11) is 0. The van der Waals surface area contributed by atoms with Crippen molar-refractivity contribution in [3.63, 3.8) is 0 Å². The Kier molecular flexibility index (Phi) is 5.44. The summed E-state index contributed by atoms with van der Waals surface area (Å²) >= 11 is 0. The average molecular weight is 308 g/mol. The number of nitrogens with two attached hydrogens (primary N) is 1. The highest BCUT2D eigenvalue weighted by molar-refractivity contribution is 5.75. The zero-order valence-corrected chi connectivity index (χ0v) is 10.6. The first kappa shape index (κ1) is 17.6. The molecule has 1 fully saturated rings. The molecule has 12 heteroatoms. The fourth-order valence-electron chi connectivity index (χ4n) is 1.92. The van der Waals surface area contributed by atoms with Gasteiger partial charge in [0.05, 0.1) is 12.1 Å². The van der Waals surface area contributed by atoms with E-state index in [1.807, 2.05) is 0 Å². The first-order valence-electron chi connectivity index (χ1n) is 5.79. The minimum absolute atomic E-state index is 0.748. The highest BCUT2D eigenvalue weighted by Gasteiger charge is 2.52. The molecule has 0 amide bonds. The molecule has 120 valence electrons. The van der Waals surface area contributed by atoms with Crippen LogP contribution in [-0.4, -0.2) is 79.1 Å². The van der Waals surface area contributed by atoms with Crippen molar-refractivity contribution in [2.24, 2.45) is 10.8 Å². The van der Waals surface area contributed by atoms with E-state index in [0.29, 0.717) is 0 Å². The molecule has 0 radical (unpaired) electrons. The molecule has 0 aromatic heterocycles. The number of rotatable bonds is 5. The maximum Gasteiger partial charge on any atom is 0.364 e. The summed E-state index contributed by atoms with van der Waals surface area (Å²) in [5.74, 6) is -4.64. The number of nitrogens with zero attached hydrogens (tertiary/aromatic N) is 3. The van der Waals surface area contributed by atoms with Crippen molar-refractivity contribution < 1.29 is 40.2 Å². The molecule has 1 aliphatic rings. The van der Waals surface area contributed by atoms with E-state index in [-0.39, 0.29) is 0 Å². The van der Waals surface area contributed by atoms with Gasteiger partial charge in [-0.1, -0.05) is 5.11 Å². The number of aliphatic carboxylic acids is 1. The van der Waals surface area contributed by atoms with Crippen molar-refractivity contribution in [2.45, 2.75) is 48.9 Å². The summed E-state index contributed by atoms with van der Waals surface area (Å²) in [5, 5.41) is 59.6. The topological polar surface area (TPSA) is 222 Å². The summed E-state index contributed by atoms with van der Waals surface area (Å²) in [6, 6.07) is -1.35. The lowest BCUT2D eigenvalue weighted by molar-refractivity contribution is -0.294. The molecule has 1 aliphatic heterocycles. The summed E-state index contributed by atoms with van der Waals surface area (Å²) < 4.78 is 4.74. The van der Waals surface area contributed by atoms with Crippen LogP contribution in [0.4, 0.5) is 0 Å². The fraction of sp³-hybridized carbons (Fsp3) is 0.889. The largest absolute Gasteiger partial charge is 0.477 e. The van der Waals surface area contributed by atoms with Crippen LogP contribution < -0.4 is 5.73 Å². The van der Waals surface area contributed by atoms with Crippen molar-refractivity contribution in [3.05, 3.63) is 10.4 Å². The number of hydrogen-bond donors (Lipinski definition) is 7. The number of aliphatic hydroxyl groups is 5. The van der Waals surface area contributed by atoms with E-state index < -0.39 is 54.9 Å². The summed E-state index contributed by atoms with van der Waals surface area (Å²) in [6.45, 7) is 0. The van der Waals surface area contributed by atoms with E-state index in [1.165, 1.54) is 0 Å². The summed E-state index contributed by atoms with van der Waals surface area (Å²) in [5.41, 5.74) is 13.6. The van der Waals surface area contributed by atoms with Crippen LogP contribution in [-0.2, 0) is 9.53 Å². The van der Waals surface area contributed by atoms with Gasteiger partial charge in [0.25, 0.3) is 5.79 Å². The molecule has 7 atom stereocenters. The molecular formula is C9H16N4O8. The minimum atomic E-state index is -2.82. The molecule has 8 N–H and O–H groups in total. The SMILES string of the molecule is [N-]=[N+]=NC(O)[C@@H](O)[C@@H](O)[C@@H]1OC(O)(C(=O)O)C[C@H](O)[C@H]1N. The molecule has 0 aromatic rings. The lowest BCUT2D eigenvalue weighted by atomic mass is 9.89. The van der Waals surface area contributed by atoms with Crippen molar-refractivity contribution in [2.75, 3.05) is 0 Å². The molecule has 0 aromatic carbocycles. The van der Waals surface area contributed by atoms with Gasteiger partial charge in [0.15, 0.2) is 6.23 Å². The normalized spacial score (nSPS) is 37.1. The van der Waals surface area contributed by atoms with Gasteiger partial charge in [-0.2, -0.15) is 0 Å². The number of hydrogen-bond acceptors (Lipinski definition) is 9. The zero-order chi connectivity index (χ0) is 16.4. The molecule has 0 spiro atoms. The van der Waals surface area contributed by atoms with Gasteiger partial charge in [0.1, 0.15) is 18.3 Å². The molecule has 1 heterocycles. The van der Waals surface area contributed by atoms with Crippen LogP contribution >= 0.6 is 0 Å². The van der Waals surface area contributed by atoms with E-state index in [0.717, 1.165) is 0 Å². The van der Waals surface area contributed by atoms with Crippen LogP contribution in [0.3, 0.4) is 0 Å². The Morgan fingerprint density at radius 2 is 2.05 bits per heavy atom. The molecule has 1 rings (SSSR count). The molecule has 0 aliphatic carbocycles. The molecule has 0 bridgehead atoms. The first-order valence-corrected chi connectivity index (χ1v) is 5.79. The second kappa shape index (κ2) is 6.51. The van der Waals surface area contributed by atoms with Crippen molar-refractivity contribution in [1.82, 2.24) is 0 Å². The van der Waals surface area contributed by atoms with E-state index in [2.05, 4.69) is 10.0 Å². The van der Waals surface area contributed by atoms with Gasteiger partial charge in [-0.3, -0.25) is 0 Å². The third kappa shape index (κ3) is 3.58. The Balaban J connectivity index is 2.97. The Labute approximate surface area is 117 Å². The Morgan fingerprint density at radius 1 is 1.48 bits per heavy atom. The second-order valence-electron chi connectivity index (χ2n) is 4.62. The fourth-order valence-corrected chi connectivity index (χ4v) is 1.92. The second-order valence-corrected chi connectivity index (χ2v) is 4.62. The molecule has 1 saturated heterocycles. The Hall–Kier alpha value is -1.50. The molecule has 21 heavy (non-hydrogen) atoms. The standard InChI is InChI=1S/C9H16N4O8/c10-3-2(14)1-9(20,8(18)19)21-6(3)4(15)5(16)7(17)12-13-11/h2-7,14-17,20H,1,10H2,(H,18,19)/t2-,3+,4+,5-,6+,7?,9?/m0/s1. The lowest BCUT2D eigenvalue weighted by Gasteiger charge is -2.43. The monoisotopic (exact) mass is 308 g/mol. The van der Waals surface area contributed by atoms with Crippen molar-refractivity contribution in [1.29, 1.82) is 0 Å². The molecule has 0 saturated carbocycles. The highest BCUT2D eigenvalue weighted by atomic mass is 16.7. The zero-order valence-electron chi connectivity index (χ0n) is 10.6. The van der Waals surface area contributed by atoms with E-state index in [9.17, 15) is 30.3 Å². The minimum Gasteiger partial charge on any atom is -0.477 e. The van der Waals surface area contributed by atoms with E-state index in [1.54, 1.807) is 0 Å². The summed E-state index contributed by atoms with van der Waals surface area (Å²) in [6.07, 6.45) is -10.2. The predicted molar refractivity (Wildman–Crippen MR) is 63.2 cm³/mol. The number of carboxylic acid groups (broad SMARTS) is 1. The van der Waals surface area contributed by atoms with Gasteiger partial charge in [-0.05, 0) is 5.53 Å². The smallest absolute Gasteiger partial charge is 0.364 e. The lowest BCUT2D eigenvalue weighted by Crippen LogP contribution is -2.66. The number of aliphatic hydroxyl groups excluding tert-OH is 4. The Bertz CT molecular complexity index is 443.